The van der Waals surface area contributed by atoms with Crippen LogP contribution in [0.4, 0.5) is 5.69 Å². The molecule has 3 nitrogen and oxygen atoms in total. The smallest absolute Gasteiger partial charge is 0.125 e. The monoisotopic (exact) mass is 226 g/mol. The van der Waals surface area contributed by atoms with Crippen LogP contribution in [0.3, 0.4) is 0 Å². The lowest BCUT2D eigenvalue weighted by Crippen LogP contribution is -2.08. The molecule has 0 fully saturated rings. The Hall–Kier alpha value is -2.21. The van der Waals surface area contributed by atoms with Crippen LogP contribution in [-0.4, -0.2) is 0 Å². The van der Waals surface area contributed by atoms with Gasteiger partial charge in [-0.1, -0.05) is 13.0 Å². The van der Waals surface area contributed by atoms with E-state index in [1.807, 2.05) is 30.3 Å². The van der Waals surface area contributed by atoms with Crippen LogP contribution in [0.15, 0.2) is 47.1 Å². The second-order valence-corrected chi connectivity index (χ2v) is 3.81. The quantitative estimate of drug-likeness (QED) is 0.864. The number of hydrogen-bond acceptors (Lipinski definition) is 3. The van der Waals surface area contributed by atoms with Gasteiger partial charge < -0.3 is 9.73 Å². The van der Waals surface area contributed by atoms with Crippen molar-refractivity contribution < 1.29 is 4.42 Å². The minimum Gasteiger partial charge on any atom is -0.467 e. The van der Waals surface area contributed by atoms with Crippen LogP contribution < -0.4 is 5.32 Å². The van der Waals surface area contributed by atoms with Crippen molar-refractivity contribution in [1.29, 1.82) is 5.26 Å². The predicted molar refractivity (Wildman–Crippen MR) is 66.5 cm³/mol. The minimum absolute atomic E-state index is 0.138. The highest BCUT2D eigenvalue weighted by molar-refractivity contribution is 5.50. The summed E-state index contributed by atoms with van der Waals surface area (Å²) in [5.74, 6) is 0.912. The summed E-state index contributed by atoms with van der Waals surface area (Å²) in [6, 6.07) is 13.6. The van der Waals surface area contributed by atoms with Gasteiger partial charge in [-0.15, -0.1) is 0 Å². The Kier molecular flexibility index (Phi) is 3.46. The number of nitrogens with zero attached hydrogens (tertiary/aromatic N) is 1. The van der Waals surface area contributed by atoms with E-state index in [1.165, 1.54) is 0 Å². The Morgan fingerprint density at radius 3 is 2.88 bits per heavy atom. The fraction of sp³-hybridized carbons (Fsp3) is 0.214. The molecule has 2 aromatic rings. The Labute approximate surface area is 101 Å². The van der Waals surface area contributed by atoms with Crippen LogP contribution in [0.5, 0.6) is 0 Å². The average Bonchev–Trinajstić information content (AvgIpc) is 2.90. The van der Waals surface area contributed by atoms with Gasteiger partial charge in [0.2, 0.25) is 0 Å². The third kappa shape index (κ3) is 2.67. The number of furan rings is 1. The standard InChI is InChI=1S/C14H14N2O/c1-2-13(14-7-4-8-17-14)16-12-6-3-5-11(9-12)10-15/h3-9,13,16H,2H2,1H3. The summed E-state index contributed by atoms with van der Waals surface area (Å²) in [6.45, 7) is 2.09. The third-order valence-corrected chi connectivity index (χ3v) is 2.63. The van der Waals surface area contributed by atoms with Crippen LogP contribution in [0.25, 0.3) is 0 Å². The lowest BCUT2D eigenvalue weighted by atomic mass is 10.1. The van der Waals surface area contributed by atoms with Crippen molar-refractivity contribution in [3.8, 4) is 6.07 Å². The maximum Gasteiger partial charge on any atom is 0.125 e. The SMILES string of the molecule is CCC(Nc1cccc(C#N)c1)c1ccco1. The van der Waals surface area contributed by atoms with Crippen molar-refractivity contribution in [3.63, 3.8) is 0 Å². The number of hydrogen-bond donors (Lipinski definition) is 1. The van der Waals surface area contributed by atoms with E-state index in [4.69, 9.17) is 9.68 Å². The molecule has 1 N–H and O–H groups in total. The molecule has 3 heteroatoms. The molecule has 1 heterocycles. The van der Waals surface area contributed by atoms with Crippen LogP contribution in [-0.2, 0) is 0 Å². The highest BCUT2D eigenvalue weighted by atomic mass is 16.3. The largest absolute Gasteiger partial charge is 0.467 e. The van der Waals surface area contributed by atoms with Crippen LogP contribution in [0, 0.1) is 11.3 Å². The molecule has 0 spiro atoms. The van der Waals surface area contributed by atoms with E-state index >= 15 is 0 Å². The molecule has 2 rings (SSSR count). The van der Waals surface area contributed by atoms with Crippen molar-refractivity contribution in [3.05, 3.63) is 54.0 Å². The van der Waals surface area contributed by atoms with Crippen LogP contribution in [0.2, 0.25) is 0 Å². The number of nitriles is 1. The van der Waals surface area contributed by atoms with E-state index in [-0.39, 0.29) is 6.04 Å². The first-order chi connectivity index (χ1) is 8.33. The molecule has 0 aliphatic carbocycles. The Bertz CT molecular complexity index is 511. The van der Waals surface area contributed by atoms with Crippen molar-refractivity contribution in [1.82, 2.24) is 0 Å². The van der Waals surface area contributed by atoms with Gasteiger partial charge in [-0.05, 0) is 36.8 Å². The Morgan fingerprint density at radius 2 is 2.24 bits per heavy atom. The molecule has 1 unspecified atom stereocenters. The van der Waals surface area contributed by atoms with E-state index in [0.29, 0.717) is 5.56 Å². The molecule has 0 aliphatic heterocycles. The zero-order valence-electron chi connectivity index (χ0n) is 9.68. The second kappa shape index (κ2) is 5.22. The van der Waals surface area contributed by atoms with Crippen molar-refractivity contribution in [2.24, 2.45) is 0 Å². The number of rotatable bonds is 4. The highest BCUT2D eigenvalue weighted by Gasteiger charge is 2.11. The lowest BCUT2D eigenvalue weighted by Gasteiger charge is -2.15. The summed E-state index contributed by atoms with van der Waals surface area (Å²) >= 11 is 0. The molecular weight excluding hydrogens is 212 g/mol. The molecule has 0 saturated heterocycles. The lowest BCUT2D eigenvalue weighted by molar-refractivity contribution is 0.474. The fourth-order valence-corrected chi connectivity index (χ4v) is 1.74. The van der Waals surface area contributed by atoms with Crippen molar-refractivity contribution >= 4 is 5.69 Å². The van der Waals surface area contributed by atoms with Crippen molar-refractivity contribution in [2.75, 3.05) is 5.32 Å². The van der Waals surface area contributed by atoms with E-state index < -0.39 is 0 Å². The normalized spacial score (nSPS) is 11.8. The van der Waals surface area contributed by atoms with Gasteiger partial charge in [0.1, 0.15) is 5.76 Å². The maximum atomic E-state index is 8.84. The van der Waals surface area contributed by atoms with Gasteiger partial charge in [-0.25, -0.2) is 0 Å². The third-order valence-electron chi connectivity index (χ3n) is 2.63. The van der Waals surface area contributed by atoms with Gasteiger partial charge in [-0.2, -0.15) is 5.26 Å². The summed E-state index contributed by atoms with van der Waals surface area (Å²) in [5.41, 5.74) is 1.59. The Balaban J connectivity index is 2.16. The molecule has 1 aromatic carbocycles. The van der Waals surface area contributed by atoms with E-state index in [0.717, 1.165) is 17.9 Å². The van der Waals surface area contributed by atoms with Gasteiger partial charge in [0.25, 0.3) is 0 Å². The second-order valence-electron chi connectivity index (χ2n) is 3.81. The Morgan fingerprint density at radius 1 is 1.35 bits per heavy atom. The number of benzene rings is 1. The summed E-state index contributed by atoms with van der Waals surface area (Å²) in [6.07, 6.45) is 2.59. The van der Waals surface area contributed by atoms with Gasteiger partial charge in [0.05, 0.1) is 23.9 Å². The molecule has 1 aromatic heterocycles. The first kappa shape index (κ1) is 11.3. The number of nitrogens with one attached hydrogen (secondary N) is 1. The molecule has 0 amide bonds. The van der Waals surface area contributed by atoms with Gasteiger partial charge in [-0.3, -0.25) is 0 Å². The topological polar surface area (TPSA) is 49.0 Å². The first-order valence-electron chi connectivity index (χ1n) is 5.63. The molecule has 1 atom stereocenters. The molecule has 0 aliphatic rings. The van der Waals surface area contributed by atoms with Crippen molar-refractivity contribution in [2.45, 2.75) is 19.4 Å². The van der Waals surface area contributed by atoms with Gasteiger partial charge >= 0.3 is 0 Å². The predicted octanol–water partition coefficient (Wildman–Crippen LogP) is 3.71. The minimum atomic E-state index is 0.138. The van der Waals surface area contributed by atoms with Crippen LogP contribution >= 0.6 is 0 Å². The fourth-order valence-electron chi connectivity index (χ4n) is 1.74. The molecule has 0 saturated carbocycles. The summed E-state index contributed by atoms with van der Waals surface area (Å²) in [4.78, 5) is 0. The van der Waals surface area contributed by atoms with Crippen LogP contribution in [0.1, 0.15) is 30.7 Å². The maximum absolute atomic E-state index is 8.84. The summed E-state index contributed by atoms with van der Waals surface area (Å²) in [7, 11) is 0. The van der Waals surface area contributed by atoms with E-state index in [1.54, 1.807) is 12.3 Å². The zero-order chi connectivity index (χ0) is 12.1. The average molecular weight is 226 g/mol. The van der Waals surface area contributed by atoms with E-state index in [2.05, 4.69) is 18.3 Å². The number of anilines is 1. The molecule has 86 valence electrons. The molecule has 0 radical (unpaired) electrons. The molecule has 17 heavy (non-hydrogen) atoms. The first-order valence-corrected chi connectivity index (χ1v) is 5.63. The molecule has 0 bridgehead atoms. The zero-order valence-corrected chi connectivity index (χ0v) is 9.68. The van der Waals surface area contributed by atoms with Gasteiger partial charge in [0.15, 0.2) is 0 Å². The summed E-state index contributed by atoms with van der Waals surface area (Å²) in [5, 5.41) is 12.2. The highest BCUT2D eigenvalue weighted by Crippen LogP contribution is 2.23. The summed E-state index contributed by atoms with van der Waals surface area (Å²) < 4.78 is 5.39. The van der Waals surface area contributed by atoms with Gasteiger partial charge in [0, 0.05) is 5.69 Å². The van der Waals surface area contributed by atoms with E-state index in [9.17, 15) is 0 Å². The molecular formula is C14H14N2O.